The van der Waals surface area contributed by atoms with Crippen LogP contribution >= 0.6 is 11.8 Å². The van der Waals surface area contributed by atoms with E-state index < -0.39 is 0 Å². The topological polar surface area (TPSA) is 49.3 Å². The first-order valence-electron chi connectivity index (χ1n) is 6.62. The quantitative estimate of drug-likeness (QED) is 0.761. The van der Waals surface area contributed by atoms with Crippen LogP contribution in [-0.4, -0.2) is 29.4 Å². The fourth-order valence-corrected chi connectivity index (χ4v) is 2.67. The van der Waals surface area contributed by atoms with Crippen molar-refractivity contribution < 1.29 is 14.3 Å². The largest absolute Gasteiger partial charge is 0.393 e. The van der Waals surface area contributed by atoms with Crippen LogP contribution in [0.1, 0.15) is 27.2 Å². The highest BCUT2D eigenvalue weighted by Gasteiger charge is 2.20. The first-order valence-corrected chi connectivity index (χ1v) is 7.60. The van der Waals surface area contributed by atoms with Gasteiger partial charge in [-0.15, -0.1) is 11.8 Å². The number of aliphatic hydroxyl groups is 1. The lowest BCUT2D eigenvalue weighted by atomic mass is 9.87. The van der Waals surface area contributed by atoms with Crippen LogP contribution < -0.4 is 5.32 Å². The molecule has 1 aromatic rings. The monoisotopic (exact) mass is 299 g/mol. The second-order valence-electron chi connectivity index (χ2n) is 5.74. The Hall–Kier alpha value is -1.07. The van der Waals surface area contributed by atoms with Crippen LogP contribution in [-0.2, 0) is 4.79 Å². The number of thioether (sulfide) groups is 1. The number of hydrogen-bond acceptors (Lipinski definition) is 3. The molecule has 1 rings (SSSR count). The number of amides is 1. The van der Waals surface area contributed by atoms with E-state index >= 15 is 0 Å². The Morgan fingerprint density at radius 2 is 2.00 bits per heavy atom. The number of halogens is 1. The van der Waals surface area contributed by atoms with E-state index in [9.17, 15) is 14.3 Å². The summed E-state index contributed by atoms with van der Waals surface area (Å²) in [6.45, 7) is 6.29. The van der Waals surface area contributed by atoms with E-state index in [0.29, 0.717) is 18.7 Å². The molecule has 20 heavy (non-hydrogen) atoms. The van der Waals surface area contributed by atoms with Crippen LogP contribution in [0.4, 0.5) is 4.39 Å². The number of carbonyl (C=O) groups is 1. The lowest BCUT2D eigenvalue weighted by Crippen LogP contribution is -2.36. The molecule has 1 atom stereocenters. The van der Waals surface area contributed by atoms with Crippen molar-refractivity contribution in [1.82, 2.24) is 5.32 Å². The molecule has 1 aromatic carbocycles. The van der Waals surface area contributed by atoms with E-state index in [1.807, 2.05) is 13.8 Å². The van der Waals surface area contributed by atoms with E-state index in [-0.39, 0.29) is 23.2 Å². The summed E-state index contributed by atoms with van der Waals surface area (Å²) in [5.74, 6) is -0.0344. The summed E-state index contributed by atoms with van der Waals surface area (Å²) in [7, 11) is 0. The molecule has 2 N–H and O–H groups in total. The van der Waals surface area contributed by atoms with Crippen molar-refractivity contribution in [3.8, 4) is 0 Å². The lowest BCUT2D eigenvalue weighted by Gasteiger charge is -2.26. The Kier molecular flexibility index (Phi) is 6.49. The van der Waals surface area contributed by atoms with Gasteiger partial charge in [0.05, 0.1) is 11.9 Å². The highest BCUT2D eigenvalue weighted by Crippen LogP contribution is 2.21. The van der Waals surface area contributed by atoms with Crippen LogP contribution in [0, 0.1) is 11.2 Å². The van der Waals surface area contributed by atoms with Gasteiger partial charge in [0.15, 0.2) is 0 Å². The van der Waals surface area contributed by atoms with Crippen molar-refractivity contribution in [3.05, 3.63) is 30.1 Å². The third-order valence-corrected chi connectivity index (χ3v) is 3.81. The maximum absolute atomic E-state index is 12.7. The van der Waals surface area contributed by atoms with Gasteiger partial charge in [0.1, 0.15) is 5.82 Å². The van der Waals surface area contributed by atoms with E-state index in [1.165, 1.54) is 23.9 Å². The average molecular weight is 299 g/mol. The number of nitrogens with one attached hydrogen (secondary N) is 1. The van der Waals surface area contributed by atoms with Gasteiger partial charge in [-0.1, -0.05) is 13.8 Å². The van der Waals surface area contributed by atoms with Gasteiger partial charge in [0, 0.05) is 11.4 Å². The van der Waals surface area contributed by atoms with Crippen LogP contribution in [0.5, 0.6) is 0 Å². The Bertz CT molecular complexity index is 432. The standard InChI is InChI=1S/C15H22FNO2S/c1-11(18)8-15(2,3)10-17-14(19)9-20-13-6-4-12(16)5-7-13/h4-7,11,18H,8-10H2,1-3H3,(H,17,19). The summed E-state index contributed by atoms with van der Waals surface area (Å²) < 4.78 is 12.7. The molecule has 112 valence electrons. The minimum absolute atomic E-state index is 0.0574. The number of aliphatic hydroxyl groups excluding tert-OH is 1. The van der Waals surface area contributed by atoms with Crippen molar-refractivity contribution in [3.63, 3.8) is 0 Å². The fourth-order valence-electron chi connectivity index (χ4n) is 1.94. The third kappa shape index (κ3) is 6.91. The van der Waals surface area contributed by atoms with E-state index in [1.54, 1.807) is 19.1 Å². The van der Waals surface area contributed by atoms with Gasteiger partial charge in [-0.2, -0.15) is 0 Å². The highest BCUT2D eigenvalue weighted by molar-refractivity contribution is 8.00. The molecule has 0 radical (unpaired) electrons. The maximum Gasteiger partial charge on any atom is 0.230 e. The highest BCUT2D eigenvalue weighted by atomic mass is 32.2. The van der Waals surface area contributed by atoms with Crippen molar-refractivity contribution in [2.75, 3.05) is 12.3 Å². The summed E-state index contributed by atoms with van der Waals surface area (Å²) in [5, 5.41) is 12.2. The molecule has 0 heterocycles. The van der Waals surface area contributed by atoms with Crippen molar-refractivity contribution in [1.29, 1.82) is 0 Å². The minimum Gasteiger partial charge on any atom is -0.393 e. The van der Waals surface area contributed by atoms with Crippen molar-refractivity contribution >= 4 is 17.7 Å². The molecule has 0 aliphatic rings. The summed E-state index contributed by atoms with van der Waals surface area (Å²) in [6, 6.07) is 6.08. The maximum atomic E-state index is 12.7. The van der Waals surface area contributed by atoms with Crippen molar-refractivity contribution in [2.24, 2.45) is 5.41 Å². The first kappa shape index (κ1) is 17.0. The summed E-state index contributed by atoms with van der Waals surface area (Å²) in [4.78, 5) is 12.6. The normalized spacial score (nSPS) is 13.1. The van der Waals surface area contributed by atoms with E-state index in [4.69, 9.17) is 0 Å². The first-order chi connectivity index (χ1) is 9.28. The summed E-state index contributed by atoms with van der Waals surface area (Å²) in [6.07, 6.45) is 0.258. The number of carbonyl (C=O) groups excluding carboxylic acids is 1. The van der Waals surface area contributed by atoms with Gasteiger partial charge in [0.25, 0.3) is 0 Å². The van der Waals surface area contributed by atoms with Crippen LogP contribution in [0.25, 0.3) is 0 Å². The molecule has 0 aliphatic carbocycles. The van der Waals surface area contributed by atoms with E-state index in [2.05, 4.69) is 5.32 Å². The smallest absolute Gasteiger partial charge is 0.230 e. The van der Waals surface area contributed by atoms with Crippen LogP contribution in [0.2, 0.25) is 0 Å². The third-order valence-electron chi connectivity index (χ3n) is 2.80. The number of benzene rings is 1. The van der Waals surface area contributed by atoms with Gasteiger partial charge in [0.2, 0.25) is 5.91 Å². The van der Waals surface area contributed by atoms with Crippen LogP contribution in [0.15, 0.2) is 29.2 Å². The Balaban J connectivity index is 2.32. The molecule has 0 saturated carbocycles. The Morgan fingerprint density at radius 1 is 1.40 bits per heavy atom. The molecule has 1 amide bonds. The average Bonchev–Trinajstić information content (AvgIpc) is 2.34. The zero-order valence-electron chi connectivity index (χ0n) is 12.1. The molecule has 0 bridgehead atoms. The predicted molar refractivity (Wildman–Crippen MR) is 80.2 cm³/mol. The zero-order chi connectivity index (χ0) is 15.2. The number of hydrogen-bond donors (Lipinski definition) is 2. The second kappa shape index (κ2) is 7.64. The zero-order valence-corrected chi connectivity index (χ0v) is 13.0. The number of rotatable bonds is 7. The molecule has 5 heteroatoms. The summed E-state index contributed by atoms with van der Waals surface area (Å²) in [5.41, 5.74) is -0.135. The predicted octanol–water partition coefficient (Wildman–Crippen LogP) is 2.83. The van der Waals surface area contributed by atoms with Gasteiger partial charge >= 0.3 is 0 Å². The molecule has 0 saturated heterocycles. The molecular formula is C15H22FNO2S. The molecule has 0 spiro atoms. The summed E-state index contributed by atoms with van der Waals surface area (Å²) >= 11 is 1.37. The molecular weight excluding hydrogens is 277 g/mol. The molecule has 1 unspecified atom stereocenters. The van der Waals surface area contributed by atoms with Gasteiger partial charge in [-0.05, 0) is 43.0 Å². The van der Waals surface area contributed by atoms with Gasteiger partial charge in [-0.3, -0.25) is 4.79 Å². The lowest BCUT2D eigenvalue weighted by molar-refractivity contribution is -0.119. The van der Waals surface area contributed by atoms with Gasteiger partial charge in [-0.25, -0.2) is 4.39 Å². The molecule has 3 nitrogen and oxygen atoms in total. The van der Waals surface area contributed by atoms with Gasteiger partial charge < -0.3 is 10.4 Å². The van der Waals surface area contributed by atoms with Crippen LogP contribution in [0.3, 0.4) is 0 Å². The molecule has 0 aromatic heterocycles. The Morgan fingerprint density at radius 3 is 2.55 bits per heavy atom. The fraction of sp³-hybridized carbons (Fsp3) is 0.533. The molecule has 0 aliphatic heterocycles. The SMILES string of the molecule is CC(O)CC(C)(C)CNC(=O)CSc1ccc(F)cc1. The minimum atomic E-state index is -0.379. The Labute approximate surface area is 124 Å². The second-order valence-corrected chi connectivity index (χ2v) is 6.79. The molecule has 0 fully saturated rings. The van der Waals surface area contributed by atoms with Crippen molar-refractivity contribution in [2.45, 2.75) is 38.2 Å². The van der Waals surface area contributed by atoms with E-state index in [0.717, 1.165) is 4.90 Å².